The molecule has 0 aromatic heterocycles. The Morgan fingerprint density at radius 1 is 1.14 bits per heavy atom. The maximum absolute atomic E-state index is 12.5. The molecule has 1 amide bonds. The Kier molecular flexibility index (Phi) is 3.39. The summed E-state index contributed by atoms with van der Waals surface area (Å²) in [5.41, 5.74) is 8.53. The summed E-state index contributed by atoms with van der Waals surface area (Å²) in [4.78, 5) is 24.3. The van der Waals surface area contributed by atoms with Crippen molar-refractivity contribution >= 4 is 29.0 Å². The van der Waals surface area contributed by atoms with Gasteiger partial charge in [0.25, 0.3) is 5.91 Å². The zero-order valence-corrected chi connectivity index (χ0v) is 11.9. The molecule has 0 saturated carbocycles. The highest BCUT2D eigenvalue weighted by molar-refractivity contribution is 6.33. The van der Waals surface area contributed by atoms with Crippen LogP contribution in [0, 0.1) is 0 Å². The van der Waals surface area contributed by atoms with Gasteiger partial charge in [0.2, 0.25) is 0 Å². The highest BCUT2D eigenvalue weighted by atomic mass is 35.5. The van der Waals surface area contributed by atoms with Crippen molar-refractivity contribution in [3.63, 3.8) is 0 Å². The van der Waals surface area contributed by atoms with Gasteiger partial charge in [0.15, 0.2) is 5.78 Å². The summed E-state index contributed by atoms with van der Waals surface area (Å²) in [7, 11) is 0. The maximum Gasteiger partial charge on any atom is 0.251 e. The molecule has 0 fully saturated rings. The van der Waals surface area contributed by atoms with E-state index in [9.17, 15) is 9.59 Å². The number of hydrogen-bond donors (Lipinski definition) is 2. The number of nitrogen functional groups attached to an aromatic ring is 1. The summed E-state index contributed by atoms with van der Waals surface area (Å²) in [5.74, 6) is -0.318. The van der Waals surface area contributed by atoms with Crippen LogP contribution in [-0.2, 0) is 6.42 Å². The number of carbonyl (C=O) groups excluding carboxylic acids is 2. The largest absolute Gasteiger partial charge is 0.398 e. The van der Waals surface area contributed by atoms with Crippen molar-refractivity contribution in [2.24, 2.45) is 0 Å². The van der Waals surface area contributed by atoms with Crippen molar-refractivity contribution in [3.05, 3.63) is 63.7 Å². The first-order valence-electron chi connectivity index (χ1n) is 6.57. The smallest absolute Gasteiger partial charge is 0.251 e. The van der Waals surface area contributed by atoms with Crippen LogP contribution in [0.15, 0.2) is 36.4 Å². The van der Waals surface area contributed by atoms with E-state index in [1.165, 1.54) is 0 Å². The van der Waals surface area contributed by atoms with Gasteiger partial charge >= 0.3 is 0 Å². The van der Waals surface area contributed by atoms with Gasteiger partial charge in [-0.05, 0) is 36.2 Å². The Bertz CT molecular complexity index is 756. The fourth-order valence-electron chi connectivity index (χ4n) is 2.40. The molecular formula is C16H13ClN2O2. The van der Waals surface area contributed by atoms with Gasteiger partial charge in [0.05, 0.1) is 10.7 Å². The fraction of sp³-hybridized carbons (Fsp3) is 0.125. The summed E-state index contributed by atoms with van der Waals surface area (Å²) in [6.07, 6.45) is 0.781. The third kappa shape index (κ3) is 2.50. The van der Waals surface area contributed by atoms with E-state index in [0.717, 1.165) is 12.0 Å². The Hall–Kier alpha value is -2.33. The summed E-state index contributed by atoms with van der Waals surface area (Å²) in [6.45, 7) is 0.632. The summed E-state index contributed by atoms with van der Waals surface area (Å²) in [5, 5.41) is 3.19. The number of hydrogen-bond acceptors (Lipinski definition) is 3. The number of benzene rings is 2. The van der Waals surface area contributed by atoms with Crippen molar-refractivity contribution in [1.82, 2.24) is 5.32 Å². The summed E-state index contributed by atoms with van der Waals surface area (Å²) >= 11 is 5.86. The lowest BCUT2D eigenvalue weighted by Crippen LogP contribution is -2.32. The molecule has 2 aromatic carbocycles. The molecule has 2 aromatic rings. The number of nitrogens with one attached hydrogen (secondary N) is 1. The third-order valence-electron chi connectivity index (χ3n) is 3.55. The summed E-state index contributed by atoms with van der Waals surface area (Å²) < 4.78 is 0. The van der Waals surface area contributed by atoms with Crippen LogP contribution in [0.25, 0.3) is 0 Å². The topological polar surface area (TPSA) is 72.2 Å². The number of fused-ring (bicyclic) bond motifs is 1. The van der Waals surface area contributed by atoms with Gasteiger partial charge in [-0.1, -0.05) is 23.7 Å². The van der Waals surface area contributed by atoms with Crippen LogP contribution in [0.4, 0.5) is 5.69 Å². The second-order valence-corrected chi connectivity index (χ2v) is 5.35. The molecule has 5 heteroatoms. The van der Waals surface area contributed by atoms with Crippen molar-refractivity contribution < 1.29 is 9.59 Å². The van der Waals surface area contributed by atoms with Crippen LogP contribution in [0.2, 0.25) is 5.02 Å². The highest BCUT2D eigenvalue weighted by Crippen LogP contribution is 2.23. The highest BCUT2D eigenvalue weighted by Gasteiger charge is 2.19. The molecule has 21 heavy (non-hydrogen) atoms. The first kappa shape index (κ1) is 13.6. The molecule has 0 saturated heterocycles. The number of amides is 1. The molecule has 0 radical (unpaired) electrons. The van der Waals surface area contributed by atoms with Crippen molar-refractivity contribution in [3.8, 4) is 0 Å². The van der Waals surface area contributed by atoms with Crippen LogP contribution in [0.1, 0.15) is 31.8 Å². The van der Waals surface area contributed by atoms with Gasteiger partial charge in [0, 0.05) is 23.2 Å². The Balaban J connectivity index is 2.00. The van der Waals surface area contributed by atoms with Crippen LogP contribution in [0.3, 0.4) is 0 Å². The van der Waals surface area contributed by atoms with Gasteiger partial charge in [-0.25, -0.2) is 0 Å². The number of rotatable bonds is 2. The molecule has 3 rings (SSSR count). The normalized spacial score (nSPS) is 13.5. The first-order valence-corrected chi connectivity index (χ1v) is 6.95. The average Bonchev–Trinajstić information content (AvgIpc) is 2.49. The zero-order chi connectivity index (χ0) is 15.0. The van der Waals surface area contributed by atoms with Crippen molar-refractivity contribution in [2.45, 2.75) is 6.42 Å². The molecular weight excluding hydrogens is 288 g/mol. The van der Waals surface area contributed by atoms with Crippen molar-refractivity contribution in [1.29, 1.82) is 0 Å². The summed E-state index contributed by atoms with van der Waals surface area (Å²) in [6, 6.07) is 9.97. The van der Waals surface area contributed by atoms with E-state index in [4.69, 9.17) is 17.3 Å². The van der Waals surface area contributed by atoms with E-state index in [-0.39, 0.29) is 11.7 Å². The minimum Gasteiger partial charge on any atom is -0.398 e. The van der Waals surface area contributed by atoms with Crippen molar-refractivity contribution in [2.75, 3.05) is 12.3 Å². The van der Waals surface area contributed by atoms with Gasteiger partial charge in [-0.15, -0.1) is 0 Å². The predicted octanol–water partition coefficient (Wildman–Crippen LogP) is 2.44. The number of nitrogens with two attached hydrogens (primary N) is 1. The molecule has 4 nitrogen and oxygen atoms in total. The van der Waals surface area contributed by atoms with E-state index in [1.807, 2.05) is 6.07 Å². The van der Waals surface area contributed by atoms with Gasteiger partial charge in [-0.3, -0.25) is 9.59 Å². The number of anilines is 1. The van der Waals surface area contributed by atoms with E-state index in [1.54, 1.807) is 30.3 Å². The Morgan fingerprint density at radius 3 is 2.62 bits per heavy atom. The molecule has 3 N–H and O–H groups in total. The van der Waals surface area contributed by atoms with E-state index >= 15 is 0 Å². The molecule has 0 spiro atoms. The van der Waals surface area contributed by atoms with Gasteiger partial charge in [-0.2, -0.15) is 0 Å². The second-order valence-electron chi connectivity index (χ2n) is 4.94. The lowest BCUT2D eigenvalue weighted by molar-refractivity contribution is 0.0946. The van der Waals surface area contributed by atoms with Crippen LogP contribution in [-0.4, -0.2) is 18.2 Å². The SMILES string of the molecule is Nc1cc(C(=O)c2ccc3c(c2)C(=O)NCC3)ccc1Cl. The lowest BCUT2D eigenvalue weighted by Gasteiger charge is -2.17. The number of ketones is 1. The average molecular weight is 301 g/mol. The van der Waals surface area contributed by atoms with Gasteiger partial charge in [0.1, 0.15) is 0 Å². The Labute approximate surface area is 126 Å². The fourth-order valence-corrected chi connectivity index (χ4v) is 2.52. The van der Waals surface area contributed by atoms with Crippen LogP contribution >= 0.6 is 11.6 Å². The third-order valence-corrected chi connectivity index (χ3v) is 3.90. The minimum atomic E-state index is -0.181. The number of carbonyl (C=O) groups is 2. The first-order chi connectivity index (χ1) is 10.1. The van der Waals surface area contributed by atoms with Gasteiger partial charge < -0.3 is 11.1 Å². The minimum absolute atomic E-state index is 0.137. The van der Waals surface area contributed by atoms with E-state index < -0.39 is 0 Å². The standard InChI is InChI=1S/C16H13ClN2O2/c17-13-4-3-11(8-14(13)18)15(20)10-2-1-9-5-6-19-16(21)12(9)7-10/h1-4,7-8H,5-6,18H2,(H,19,21). The maximum atomic E-state index is 12.5. The molecule has 1 heterocycles. The van der Waals surface area contributed by atoms with E-state index in [2.05, 4.69) is 5.32 Å². The predicted molar refractivity (Wildman–Crippen MR) is 81.8 cm³/mol. The molecule has 1 aliphatic rings. The molecule has 0 bridgehead atoms. The Morgan fingerprint density at radius 2 is 1.86 bits per heavy atom. The van der Waals surface area contributed by atoms with Crippen LogP contribution < -0.4 is 11.1 Å². The molecule has 106 valence electrons. The second kappa shape index (κ2) is 5.22. The lowest BCUT2D eigenvalue weighted by atomic mass is 9.94. The number of halogens is 1. The van der Waals surface area contributed by atoms with E-state index in [0.29, 0.717) is 33.9 Å². The molecule has 0 atom stereocenters. The molecule has 1 aliphatic heterocycles. The monoisotopic (exact) mass is 300 g/mol. The quantitative estimate of drug-likeness (QED) is 0.661. The molecule has 0 aliphatic carbocycles. The molecule has 0 unspecified atom stereocenters. The van der Waals surface area contributed by atoms with Crippen LogP contribution in [0.5, 0.6) is 0 Å². The zero-order valence-electron chi connectivity index (χ0n) is 11.2.